The van der Waals surface area contributed by atoms with Crippen LogP contribution in [0.5, 0.6) is 0 Å². The quantitative estimate of drug-likeness (QED) is 0.411. The monoisotopic (exact) mass is 567 g/mol. The van der Waals surface area contributed by atoms with Crippen LogP contribution >= 0.6 is 0 Å². The smallest absolute Gasteiger partial charge is 0.0597 e. The summed E-state index contributed by atoms with van der Waals surface area (Å²) in [6.45, 7) is 2.11. The number of pyridine rings is 1. The van der Waals surface area contributed by atoms with Crippen LogP contribution in [0.1, 0.15) is 37.7 Å². The van der Waals surface area contributed by atoms with E-state index in [4.69, 9.17) is 0 Å². The molecule has 2 aliphatic rings. The number of aliphatic hydroxyl groups is 2. The fraction of sp³-hybridized carbons (Fsp3) is 0.400. The first kappa shape index (κ1) is 22.1. The molecule has 2 aliphatic carbocycles. The molecule has 2 aromatic carbocycles. The summed E-state index contributed by atoms with van der Waals surface area (Å²) in [5.74, 6) is 0.831. The van der Waals surface area contributed by atoms with Crippen molar-refractivity contribution in [3.8, 4) is 11.3 Å². The molecule has 0 spiro atoms. The van der Waals surface area contributed by atoms with Gasteiger partial charge in [0.2, 0.25) is 0 Å². The standard InChI is InChI=1S/C16H12N.C9H16O2.Ir/c1-12-6-5-9-16-14(12)10-11-15(17-16)13-7-3-2-4-8-13;10-7-3-1-2-6-4-5-8(11)9(6)7;/h2-7,9-11H,1H3;6-11H,1-5H2;/q-1;;. The van der Waals surface area contributed by atoms with Crippen molar-refractivity contribution in [2.45, 2.75) is 51.2 Å². The van der Waals surface area contributed by atoms with E-state index in [1.165, 1.54) is 17.4 Å². The summed E-state index contributed by atoms with van der Waals surface area (Å²) in [5.41, 5.74) is 4.32. The van der Waals surface area contributed by atoms with Gasteiger partial charge in [-0.3, -0.25) is 4.98 Å². The molecule has 0 saturated heterocycles. The van der Waals surface area contributed by atoms with E-state index in [2.05, 4.69) is 42.2 Å². The minimum Gasteiger partial charge on any atom is -0.393 e. The van der Waals surface area contributed by atoms with E-state index in [9.17, 15) is 10.2 Å². The average Bonchev–Trinajstić information content (AvgIpc) is 3.11. The Morgan fingerprint density at radius 3 is 2.48 bits per heavy atom. The van der Waals surface area contributed by atoms with E-state index in [-0.39, 0.29) is 38.2 Å². The summed E-state index contributed by atoms with van der Waals surface area (Å²) in [5, 5.41) is 20.3. The summed E-state index contributed by atoms with van der Waals surface area (Å²) in [6.07, 6.45) is 4.88. The zero-order valence-electron chi connectivity index (χ0n) is 16.7. The third-order valence-electron chi connectivity index (χ3n) is 6.28. The topological polar surface area (TPSA) is 53.4 Å². The van der Waals surface area contributed by atoms with Crippen molar-refractivity contribution in [3.63, 3.8) is 0 Å². The van der Waals surface area contributed by atoms with Gasteiger partial charge in [-0.1, -0.05) is 30.7 Å². The molecule has 155 valence electrons. The van der Waals surface area contributed by atoms with Crippen molar-refractivity contribution in [1.82, 2.24) is 4.98 Å². The molecule has 1 aromatic heterocycles. The molecule has 29 heavy (non-hydrogen) atoms. The van der Waals surface area contributed by atoms with Gasteiger partial charge in [-0.05, 0) is 55.8 Å². The molecule has 3 aromatic rings. The van der Waals surface area contributed by atoms with E-state index in [1.807, 2.05) is 30.3 Å². The fourth-order valence-electron chi connectivity index (χ4n) is 4.78. The maximum absolute atomic E-state index is 9.59. The van der Waals surface area contributed by atoms with Crippen molar-refractivity contribution in [1.29, 1.82) is 0 Å². The first-order valence-electron chi connectivity index (χ1n) is 10.3. The molecule has 1 radical (unpaired) electrons. The predicted molar refractivity (Wildman–Crippen MR) is 113 cm³/mol. The zero-order chi connectivity index (χ0) is 19.5. The summed E-state index contributed by atoms with van der Waals surface area (Å²) in [6, 6.07) is 21.5. The molecule has 2 saturated carbocycles. The summed E-state index contributed by atoms with van der Waals surface area (Å²) in [7, 11) is 0. The van der Waals surface area contributed by atoms with Crippen LogP contribution in [-0.2, 0) is 20.1 Å². The minimum absolute atomic E-state index is 0. The van der Waals surface area contributed by atoms with E-state index < -0.39 is 0 Å². The number of hydrogen-bond acceptors (Lipinski definition) is 3. The van der Waals surface area contributed by atoms with Crippen LogP contribution in [0.3, 0.4) is 0 Å². The van der Waals surface area contributed by atoms with Gasteiger partial charge in [0, 0.05) is 31.4 Å². The second kappa shape index (κ2) is 9.95. The van der Waals surface area contributed by atoms with E-state index in [0.717, 1.165) is 42.5 Å². The molecule has 3 nitrogen and oxygen atoms in total. The second-order valence-electron chi connectivity index (χ2n) is 8.09. The fourth-order valence-corrected chi connectivity index (χ4v) is 4.78. The number of benzene rings is 2. The molecule has 0 aliphatic heterocycles. The van der Waals surface area contributed by atoms with Gasteiger partial charge in [0.25, 0.3) is 0 Å². The predicted octanol–water partition coefficient (Wildman–Crippen LogP) is 4.93. The molecule has 4 atom stereocenters. The third kappa shape index (κ3) is 4.95. The van der Waals surface area contributed by atoms with E-state index in [0.29, 0.717) is 5.92 Å². The molecule has 2 fully saturated rings. The third-order valence-corrected chi connectivity index (χ3v) is 6.28. The van der Waals surface area contributed by atoms with Gasteiger partial charge in [0.1, 0.15) is 0 Å². The van der Waals surface area contributed by atoms with Gasteiger partial charge < -0.3 is 10.2 Å². The SMILES string of the molecule is Cc1cccc2nc(-c3[c-]cccc3)ccc12.OC1CCCC2CCC(O)C12.[Ir]. The van der Waals surface area contributed by atoms with E-state index >= 15 is 0 Å². The van der Waals surface area contributed by atoms with Crippen LogP contribution in [0, 0.1) is 24.8 Å². The number of fused-ring (bicyclic) bond motifs is 2. The Labute approximate surface area is 186 Å². The molecule has 1 heterocycles. The average molecular weight is 567 g/mol. The van der Waals surface area contributed by atoms with Gasteiger partial charge in [0.05, 0.1) is 17.7 Å². The van der Waals surface area contributed by atoms with Crippen LogP contribution in [0.2, 0.25) is 0 Å². The molecule has 2 N–H and O–H groups in total. The minimum atomic E-state index is -0.216. The van der Waals surface area contributed by atoms with Gasteiger partial charge >= 0.3 is 0 Å². The van der Waals surface area contributed by atoms with E-state index in [1.54, 1.807) is 0 Å². The largest absolute Gasteiger partial charge is 0.393 e. The Morgan fingerprint density at radius 2 is 1.72 bits per heavy atom. The van der Waals surface area contributed by atoms with Crippen molar-refractivity contribution >= 4 is 10.9 Å². The summed E-state index contributed by atoms with van der Waals surface area (Å²) < 4.78 is 0. The normalized spacial score (nSPS) is 25.5. The number of aliphatic hydroxyl groups excluding tert-OH is 2. The van der Waals surface area contributed by atoms with Gasteiger partial charge in [-0.2, -0.15) is 0 Å². The Morgan fingerprint density at radius 1 is 0.897 bits per heavy atom. The number of aromatic nitrogens is 1. The zero-order valence-corrected chi connectivity index (χ0v) is 19.1. The second-order valence-corrected chi connectivity index (χ2v) is 8.09. The molecule has 5 rings (SSSR count). The number of nitrogens with zero attached hydrogens (tertiary/aromatic N) is 1. The summed E-state index contributed by atoms with van der Waals surface area (Å²) in [4.78, 5) is 4.68. The molecule has 0 bridgehead atoms. The van der Waals surface area contributed by atoms with Crippen molar-refractivity contribution in [3.05, 3.63) is 66.2 Å². The van der Waals surface area contributed by atoms with Crippen LogP contribution in [0.4, 0.5) is 0 Å². The first-order chi connectivity index (χ1) is 13.6. The van der Waals surface area contributed by atoms with Crippen LogP contribution in [0.15, 0.2) is 54.6 Å². The van der Waals surface area contributed by atoms with Gasteiger partial charge in [0.15, 0.2) is 0 Å². The Hall–Kier alpha value is -1.58. The van der Waals surface area contributed by atoms with Gasteiger partial charge in [-0.15, -0.1) is 35.9 Å². The molecular weight excluding hydrogens is 538 g/mol. The maximum atomic E-state index is 9.59. The molecule has 4 unspecified atom stereocenters. The first-order valence-corrected chi connectivity index (χ1v) is 10.3. The number of rotatable bonds is 1. The van der Waals surface area contributed by atoms with Crippen LogP contribution < -0.4 is 0 Å². The Kier molecular flexibility index (Phi) is 7.59. The van der Waals surface area contributed by atoms with Crippen molar-refractivity contribution < 1.29 is 30.3 Å². The summed E-state index contributed by atoms with van der Waals surface area (Å²) >= 11 is 0. The number of aryl methyl sites for hydroxylation is 1. The maximum Gasteiger partial charge on any atom is 0.0597 e. The van der Waals surface area contributed by atoms with Crippen molar-refractivity contribution in [2.24, 2.45) is 11.8 Å². The van der Waals surface area contributed by atoms with Crippen LogP contribution in [-0.4, -0.2) is 27.4 Å². The van der Waals surface area contributed by atoms with Crippen LogP contribution in [0.25, 0.3) is 22.2 Å². The Balaban J connectivity index is 0.000000174. The van der Waals surface area contributed by atoms with Gasteiger partial charge in [-0.25, -0.2) is 0 Å². The molecule has 0 amide bonds. The Bertz CT molecular complexity index is 929. The molecule has 4 heteroatoms. The van der Waals surface area contributed by atoms with Crippen molar-refractivity contribution in [2.75, 3.05) is 0 Å². The number of hydrogen-bond donors (Lipinski definition) is 2. The molecular formula is C25H28IrNO2-.